The summed E-state index contributed by atoms with van der Waals surface area (Å²) >= 11 is 5.35. The molecule has 1 aliphatic carbocycles. The Kier molecular flexibility index (Phi) is 8.00. The van der Waals surface area contributed by atoms with E-state index in [1.165, 1.54) is 6.42 Å². The first-order chi connectivity index (χ1) is 15.0. The molecule has 0 saturated heterocycles. The summed E-state index contributed by atoms with van der Waals surface area (Å²) in [5.41, 5.74) is 1.50. The molecule has 6 nitrogen and oxygen atoms in total. The molecule has 2 amide bonds. The minimum absolute atomic E-state index is 0.0502. The molecule has 2 aromatic rings. The SMILES string of the molecule is CCOc1ccccc1C(=O)NC(=S)Nc1ccccc1C(=O)N(C)C1CCCCC1. The molecule has 0 aromatic heterocycles. The van der Waals surface area contributed by atoms with Crippen LogP contribution in [0.25, 0.3) is 0 Å². The molecule has 0 radical (unpaired) electrons. The van der Waals surface area contributed by atoms with E-state index in [0.29, 0.717) is 29.2 Å². The molecule has 2 N–H and O–H groups in total. The minimum atomic E-state index is -0.371. The lowest BCUT2D eigenvalue weighted by atomic mass is 9.94. The van der Waals surface area contributed by atoms with E-state index in [9.17, 15) is 9.59 Å². The molecular formula is C24H29N3O3S. The molecule has 0 spiro atoms. The van der Waals surface area contributed by atoms with E-state index in [0.717, 1.165) is 25.7 Å². The van der Waals surface area contributed by atoms with Crippen molar-refractivity contribution in [2.75, 3.05) is 19.0 Å². The summed E-state index contributed by atoms with van der Waals surface area (Å²) in [5, 5.41) is 5.81. The van der Waals surface area contributed by atoms with Crippen LogP contribution in [0.3, 0.4) is 0 Å². The average Bonchev–Trinajstić information content (AvgIpc) is 2.79. The van der Waals surface area contributed by atoms with Crippen molar-refractivity contribution in [3.05, 3.63) is 59.7 Å². The van der Waals surface area contributed by atoms with Crippen molar-refractivity contribution in [1.82, 2.24) is 10.2 Å². The highest BCUT2D eigenvalue weighted by Gasteiger charge is 2.24. The predicted molar refractivity (Wildman–Crippen MR) is 127 cm³/mol. The summed E-state index contributed by atoms with van der Waals surface area (Å²) in [6.07, 6.45) is 5.61. The van der Waals surface area contributed by atoms with Gasteiger partial charge in [-0.1, -0.05) is 43.5 Å². The van der Waals surface area contributed by atoms with E-state index in [1.54, 1.807) is 30.3 Å². The van der Waals surface area contributed by atoms with Crippen LogP contribution >= 0.6 is 12.2 Å². The highest BCUT2D eigenvalue weighted by molar-refractivity contribution is 7.80. The molecule has 1 saturated carbocycles. The number of amides is 2. The first-order valence-electron chi connectivity index (χ1n) is 10.7. The highest BCUT2D eigenvalue weighted by atomic mass is 32.1. The number of hydrogen-bond acceptors (Lipinski definition) is 4. The van der Waals surface area contributed by atoms with Crippen LogP contribution in [0.5, 0.6) is 5.75 Å². The zero-order chi connectivity index (χ0) is 22.2. The number of rotatable bonds is 6. The van der Waals surface area contributed by atoms with Crippen molar-refractivity contribution in [2.45, 2.75) is 45.1 Å². The number of carbonyl (C=O) groups excluding carboxylic acids is 2. The van der Waals surface area contributed by atoms with Crippen LogP contribution in [0.2, 0.25) is 0 Å². The van der Waals surface area contributed by atoms with Crippen LogP contribution in [-0.4, -0.2) is 41.5 Å². The maximum absolute atomic E-state index is 13.1. The largest absolute Gasteiger partial charge is 0.493 e. The van der Waals surface area contributed by atoms with Gasteiger partial charge in [0.1, 0.15) is 5.75 Å². The Morgan fingerprint density at radius 1 is 1.03 bits per heavy atom. The number of nitrogens with zero attached hydrogens (tertiary/aromatic N) is 1. The van der Waals surface area contributed by atoms with E-state index in [2.05, 4.69) is 10.6 Å². The monoisotopic (exact) mass is 439 g/mol. The standard InChI is InChI=1S/C24H29N3O3S/c1-3-30-21-16-10-8-14-19(21)22(28)26-24(31)25-20-15-9-7-13-18(20)23(29)27(2)17-11-5-4-6-12-17/h7-10,13-17H,3-6,11-12H2,1-2H3,(H2,25,26,28,31). The van der Waals surface area contributed by atoms with Gasteiger partial charge in [-0.15, -0.1) is 0 Å². The topological polar surface area (TPSA) is 70.7 Å². The van der Waals surface area contributed by atoms with Crippen molar-refractivity contribution in [2.24, 2.45) is 0 Å². The smallest absolute Gasteiger partial charge is 0.261 e. The molecule has 0 heterocycles. The van der Waals surface area contributed by atoms with Gasteiger partial charge in [0.25, 0.3) is 11.8 Å². The maximum Gasteiger partial charge on any atom is 0.261 e. The van der Waals surface area contributed by atoms with Gasteiger partial charge in [0.05, 0.1) is 23.4 Å². The molecule has 2 aromatic carbocycles. The number of nitrogens with one attached hydrogen (secondary N) is 2. The fraction of sp³-hybridized carbons (Fsp3) is 0.375. The molecule has 1 aliphatic rings. The van der Waals surface area contributed by atoms with Gasteiger partial charge in [-0.05, 0) is 56.2 Å². The van der Waals surface area contributed by atoms with Crippen LogP contribution in [0, 0.1) is 0 Å². The quantitative estimate of drug-likeness (QED) is 0.643. The Morgan fingerprint density at radius 2 is 1.68 bits per heavy atom. The van der Waals surface area contributed by atoms with Gasteiger partial charge in [-0.2, -0.15) is 0 Å². The third kappa shape index (κ3) is 5.82. The summed E-state index contributed by atoms with van der Waals surface area (Å²) < 4.78 is 5.52. The number of thiocarbonyl (C=S) groups is 1. The van der Waals surface area contributed by atoms with Crippen molar-refractivity contribution in [1.29, 1.82) is 0 Å². The fourth-order valence-electron chi connectivity index (χ4n) is 3.86. The number of hydrogen-bond donors (Lipinski definition) is 2. The molecule has 3 rings (SSSR count). The summed E-state index contributed by atoms with van der Waals surface area (Å²) in [7, 11) is 1.86. The fourth-order valence-corrected chi connectivity index (χ4v) is 4.07. The number of anilines is 1. The van der Waals surface area contributed by atoms with Gasteiger partial charge in [0.15, 0.2) is 5.11 Å². The zero-order valence-corrected chi connectivity index (χ0v) is 18.8. The molecule has 31 heavy (non-hydrogen) atoms. The number of para-hydroxylation sites is 2. The number of ether oxygens (including phenoxy) is 1. The van der Waals surface area contributed by atoms with Crippen LogP contribution in [0.4, 0.5) is 5.69 Å². The Labute approximate surface area is 189 Å². The van der Waals surface area contributed by atoms with E-state index < -0.39 is 0 Å². The molecule has 164 valence electrons. The van der Waals surface area contributed by atoms with Crippen LogP contribution < -0.4 is 15.4 Å². The zero-order valence-electron chi connectivity index (χ0n) is 18.0. The second kappa shape index (κ2) is 10.9. The van der Waals surface area contributed by atoms with Crippen molar-refractivity contribution in [3.8, 4) is 5.75 Å². The molecular weight excluding hydrogens is 410 g/mol. The van der Waals surface area contributed by atoms with E-state index in [1.807, 2.05) is 37.1 Å². The van der Waals surface area contributed by atoms with Gasteiger partial charge in [0, 0.05) is 13.1 Å². The van der Waals surface area contributed by atoms with Gasteiger partial charge in [0.2, 0.25) is 0 Å². The van der Waals surface area contributed by atoms with E-state index in [-0.39, 0.29) is 23.0 Å². The summed E-state index contributed by atoms with van der Waals surface area (Å²) in [6, 6.07) is 14.5. The maximum atomic E-state index is 13.1. The molecule has 7 heteroatoms. The van der Waals surface area contributed by atoms with Crippen molar-refractivity contribution >= 4 is 34.8 Å². The lowest BCUT2D eigenvalue weighted by Crippen LogP contribution is -2.39. The van der Waals surface area contributed by atoms with Gasteiger partial charge in [-0.25, -0.2) is 0 Å². The number of benzene rings is 2. The van der Waals surface area contributed by atoms with E-state index >= 15 is 0 Å². The van der Waals surface area contributed by atoms with Crippen LogP contribution in [0.15, 0.2) is 48.5 Å². The first kappa shape index (κ1) is 22.7. The second-order valence-corrected chi connectivity index (χ2v) is 8.00. The molecule has 0 atom stereocenters. The summed E-state index contributed by atoms with van der Waals surface area (Å²) in [4.78, 5) is 27.7. The predicted octanol–water partition coefficient (Wildman–Crippen LogP) is 4.62. The Bertz CT molecular complexity index is 941. The third-order valence-corrected chi connectivity index (χ3v) is 5.71. The lowest BCUT2D eigenvalue weighted by molar-refractivity contribution is 0.0697. The minimum Gasteiger partial charge on any atom is -0.493 e. The molecule has 0 bridgehead atoms. The Balaban J connectivity index is 1.69. The van der Waals surface area contributed by atoms with Crippen LogP contribution in [-0.2, 0) is 0 Å². The second-order valence-electron chi connectivity index (χ2n) is 7.59. The highest BCUT2D eigenvalue weighted by Crippen LogP contribution is 2.25. The van der Waals surface area contributed by atoms with E-state index in [4.69, 9.17) is 17.0 Å². The van der Waals surface area contributed by atoms with Gasteiger partial charge >= 0.3 is 0 Å². The lowest BCUT2D eigenvalue weighted by Gasteiger charge is -2.31. The third-order valence-electron chi connectivity index (χ3n) is 5.51. The first-order valence-corrected chi connectivity index (χ1v) is 11.1. The summed E-state index contributed by atoms with van der Waals surface area (Å²) in [5.74, 6) is 0.0745. The Hall–Kier alpha value is -2.93. The molecule has 1 fully saturated rings. The molecule has 0 unspecified atom stereocenters. The summed E-state index contributed by atoms with van der Waals surface area (Å²) in [6.45, 7) is 2.32. The molecule has 0 aliphatic heterocycles. The van der Waals surface area contributed by atoms with Gasteiger partial charge in [-0.3, -0.25) is 14.9 Å². The van der Waals surface area contributed by atoms with Crippen molar-refractivity contribution < 1.29 is 14.3 Å². The van der Waals surface area contributed by atoms with Gasteiger partial charge < -0.3 is 15.0 Å². The number of carbonyl (C=O) groups is 2. The van der Waals surface area contributed by atoms with Crippen LogP contribution in [0.1, 0.15) is 59.7 Å². The van der Waals surface area contributed by atoms with Crippen molar-refractivity contribution in [3.63, 3.8) is 0 Å². The Morgan fingerprint density at radius 3 is 2.39 bits per heavy atom. The normalized spacial score (nSPS) is 13.9. The average molecular weight is 440 g/mol.